The maximum atomic E-state index is 12.2. The van der Waals surface area contributed by atoms with Crippen molar-refractivity contribution in [2.45, 2.75) is 29.1 Å². The number of thioether (sulfide) groups is 1. The molecule has 1 aromatic carbocycles. The van der Waals surface area contributed by atoms with Gasteiger partial charge in [0, 0.05) is 18.7 Å². The molecular weight excluding hydrogens is 326 g/mol. The molecule has 8 heteroatoms. The summed E-state index contributed by atoms with van der Waals surface area (Å²) in [6, 6.07) is 6.72. The quantitative estimate of drug-likeness (QED) is 0.775. The average molecular weight is 343 g/mol. The van der Waals surface area contributed by atoms with Gasteiger partial charge in [-0.3, -0.25) is 0 Å². The van der Waals surface area contributed by atoms with Crippen molar-refractivity contribution in [2.24, 2.45) is 5.73 Å². The van der Waals surface area contributed by atoms with E-state index in [2.05, 4.69) is 9.36 Å². The number of aromatic nitrogens is 2. The normalized spacial score (nSPS) is 11.7. The van der Waals surface area contributed by atoms with Gasteiger partial charge in [-0.2, -0.15) is 4.37 Å². The number of aryl methyl sites for hydroxylation is 1. The Morgan fingerprint density at radius 1 is 1.29 bits per heavy atom. The molecule has 5 nitrogen and oxygen atoms in total. The Morgan fingerprint density at radius 3 is 2.57 bits per heavy atom. The maximum absolute atomic E-state index is 12.2. The Labute approximate surface area is 133 Å². The maximum Gasteiger partial charge on any atom is 0.179 e. The van der Waals surface area contributed by atoms with Gasteiger partial charge >= 0.3 is 0 Å². The largest absolute Gasteiger partial charge is 0.326 e. The molecule has 0 spiro atoms. The van der Waals surface area contributed by atoms with E-state index in [-0.39, 0.29) is 5.75 Å². The molecule has 0 amide bonds. The summed E-state index contributed by atoms with van der Waals surface area (Å²) in [5, 5.41) is 0. The van der Waals surface area contributed by atoms with E-state index in [9.17, 15) is 8.42 Å². The van der Waals surface area contributed by atoms with Gasteiger partial charge < -0.3 is 5.73 Å². The number of nitrogens with zero attached hydrogens (tertiary/aromatic N) is 2. The molecule has 0 saturated heterocycles. The average Bonchev–Trinajstić information content (AvgIpc) is 2.95. The second-order valence-corrected chi connectivity index (χ2v) is 8.55. The fraction of sp³-hybridized carbons (Fsp3) is 0.385. The topological polar surface area (TPSA) is 85.9 Å². The molecule has 21 heavy (non-hydrogen) atoms. The molecule has 1 aromatic heterocycles. The van der Waals surface area contributed by atoms with Crippen LogP contribution in [-0.4, -0.2) is 29.3 Å². The van der Waals surface area contributed by atoms with Crippen molar-refractivity contribution < 1.29 is 8.42 Å². The number of nitrogens with two attached hydrogens (primary N) is 1. The van der Waals surface area contributed by atoms with E-state index in [1.54, 1.807) is 24.3 Å². The second-order valence-electron chi connectivity index (χ2n) is 4.35. The SMILES string of the molecule is CCc1nsc(SCCS(=O)(=O)c2ccc(CN)cc2)n1. The van der Waals surface area contributed by atoms with E-state index < -0.39 is 9.84 Å². The molecule has 114 valence electrons. The predicted octanol–water partition coefficient (Wildman–Crippen LogP) is 2.13. The molecule has 0 aliphatic heterocycles. The van der Waals surface area contributed by atoms with Crippen LogP contribution in [0.2, 0.25) is 0 Å². The highest BCUT2D eigenvalue weighted by molar-refractivity contribution is 8.02. The first-order valence-corrected chi connectivity index (χ1v) is 9.93. The Hall–Kier alpha value is -0.960. The van der Waals surface area contributed by atoms with Crippen molar-refractivity contribution in [1.29, 1.82) is 0 Å². The first kappa shape index (κ1) is 16.4. The van der Waals surface area contributed by atoms with Gasteiger partial charge in [-0.15, -0.1) is 0 Å². The summed E-state index contributed by atoms with van der Waals surface area (Å²) in [6.45, 7) is 2.40. The zero-order chi connectivity index (χ0) is 15.3. The molecular formula is C13H17N3O2S3. The highest BCUT2D eigenvalue weighted by Gasteiger charge is 2.15. The Balaban J connectivity index is 1.94. The zero-order valence-corrected chi connectivity index (χ0v) is 14.1. The molecule has 2 N–H and O–H groups in total. The molecule has 0 bridgehead atoms. The predicted molar refractivity (Wildman–Crippen MR) is 86.4 cm³/mol. The summed E-state index contributed by atoms with van der Waals surface area (Å²) in [4.78, 5) is 4.65. The molecule has 2 aromatic rings. The molecule has 0 unspecified atom stereocenters. The van der Waals surface area contributed by atoms with Gasteiger partial charge in [0.25, 0.3) is 0 Å². The van der Waals surface area contributed by atoms with Crippen LogP contribution in [0.3, 0.4) is 0 Å². The van der Waals surface area contributed by atoms with Crippen LogP contribution in [0.25, 0.3) is 0 Å². The summed E-state index contributed by atoms with van der Waals surface area (Å²) < 4.78 is 29.4. The minimum absolute atomic E-state index is 0.0840. The summed E-state index contributed by atoms with van der Waals surface area (Å²) in [5.74, 6) is 1.36. The van der Waals surface area contributed by atoms with Crippen LogP contribution in [0.1, 0.15) is 18.3 Å². The third-order valence-corrected chi connectivity index (χ3v) is 6.73. The van der Waals surface area contributed by atoms with E-state index >= 15 is 0 Å². The minimum Gasteiger partial charge on any atom is -0.326 e. The highest BCUT2D eigenvalue weighted by atomic mass is 32.2. The highest BCUT2D eigenvalue weighted by Crippen LogP contribution is 2.22. The molecule has 0 aliphatic rings. The Bertz CT molecular complexity index is 681. The third-order valence-electron chi connectivity index (χ3n) is 2.86. The molecule has 0 saturated carbocycles. The number of benzene rings is 1. The van der Waals surface area contributed by atoms with Crippen molar-refractivity contribution in [1.82, 2.24) is 9.36 Å². The molecule has 0 atom stereocenters. The van der Waals surface area contributed by atoms with Crippen LogP contribution < -0.4 is 5.73 Å². The lowest BCUT2D eigenvalue weighted by Gasteiger charge is -2.04. The lowest BCUT2D eigenvalue weighted by Crippen LogP contribution is -2.09. The van der Waals surface area contributed by atoms with Crippen molar-refractivity contribution >= 4 is 33.1 Å². The Kier molecular flexibility index (Phi) is 5.74. The summed E-state index contributed by atoms with van der Waals surface area (Å²) in [7, 11) is -3.26. The monoisotopic (exact) mass is 343 g/mol. The second kappa shape index (κ2) is 7.35. The fourth-order valence-electron chi connectivity index (χ4n) is 1.63. The summed E-state index contributed by atoms with van der Waals surface area (Å²) in [6.07, 6.45) is 0.794. The van der Waals surface area contributed by atoms with Crippen molar-refractivity contribution in [3.63, 3.8) is 0 Å². The molecule has 0 radical (unpaired) electrons. The number of rotatable bonds is 7. The lowest BCUT2D eigenvalue weighted by molar-refractivity contribution is 0.597. The molecule has 0 aliphatic carbocycles. The van der Waals surface area contributed by atoms with E-state index in [0.717, 1.165) is 22.1 Å². The number of sulfone groups is 1. The first-order valence-electron chi connectivity index (χ1n) is 6.52. The van der Waals surface area contributed by atoms with Gasteiger partial charge in [-0.1, -0.05) is 30.8 Å². The van der Waals surface area contributed by atoms with Crippen molar-refractivity contribution in [2.75, 3.05) is 11.5 Å². The van der Waals surface area contributed by atoms with Gasteiger partial charge in [0.2, 0.25) is 0 Å². The van der Waals surface area contributed by atoms with Gasteiger partial charge in [0.15, 0.2) is 14.2 Å². The molecule has 2 rings (SSSR count). The van der Waals surface area contributed by atoms with Crippen LogP contribution in [0.15, 0.2) is 33.5 Å². The van der Waals surface area contributed by atoms with E-state index in [1.165, 1.54) is 23.3 Å². The standard InChI is InChI=1S/C13H17N3O2S3/c1-2-12-15-13(20-16-12)19-7-8-21(17,18)11-5-3-10(9-14)4-6-11/h3-6H,2,7-9,14H2,1H3. The smallest absolute Gasteiger partial charge is 0.179 e. The summed E-state index contributed by atoms with van der Waals surface area (Å²) >= 11 is 2.75. The van der Waals surface area contributed by atoms with Crippen LogP contribution >= 0.6 is 23.3 Å². The van der Waals surface area contributed by atoms with Gasteiger partial charge in [-0.05, 0) is 29.2 Å². The lowest BCUT2D eigenvalue weighted by atomic mass is 10.2. The number of hydrogen-bond acceptors (Lipinski definition) is 7. The first-order chi connectivity index (χ1) is 10.0. The van der Waals surface area contributed by atoms with Gasteiger partial charge in [-0.25, -0.2) is 13.4 Å². The Morgan fingerprint density at radius 2 is 2.00 bits per heavy atom. The van der Waals surface area contributed by atoms with Crippen molar-refractivity contribution in [3.8, 4) is 0 Å². The zero-order valence-electron chi connectivity index (χ0n) is 11.7. The van der Waals surface area contributed by atoms with E-state index in [0.29, 0.717) is 17.2 Å². The van der Waals surface area contributed by atoms with Crippen LogP contribution in [0.4, 0.5) is 0 Å². The fourth-order valence-corrected chi connectivity index (χ4v) is 5.04. The molecule has 1 heterocycles. The van der Waals surface area contributed by atoms with E-state index in [1.807, 2.05) is 6.92 Å². The van der Waals surface area contributed by atoms with Crippen LogP contribution in [0.5, 0.6) is 0 Å². The van der Waals surface area contributed by atoms with Gasteiger partial charge in [0.1, 0.15) is 5.82 Å². The van der Waals surface area contributed by atoms with Gasteiger partial charge in [0.05, 0.1) is 10.6 Å². The van der Waals surface area contributed by atoms with E-state index in [4.69, 9.17) is 5.73 Å². The third kappa shape index (κ3) is 4.50. The minimum atomic E-state index is -3.26. The van der Waals surface area contributed by atoms with Crippen LogP contribution in [0, 0.1) is 0 Å². The summed E-state index contributed by atoms with van der Waals surface area (Å²) in [5.41, 5.74) is 6.42. The van der Waals surface area contributed by atoms with Crippen LogP contribution in [-0.2, 0) is 22.8 Å². The van der Waals surface area contributed by atoms with Crippen molar-refractivity contribution in [3.05, 3.63) is 35.7 Å². The molecule has 0 fully saturated rings. The number of hydrogen-bond donors (Lipinski definition) is 1.